The second kappa shape index (κ2) is 8.48. The molecule has 0 aliphatic heterocycles. The van der Waals surface area contributed by atoms with Gasteiger partial charge in [0.05, 0.1) is 13.2 Å². The summed E-state index contributed by atoms with van der Waals surface area (Å²) in [7, 11) is 0. The van der Waals surface area contributed by atoms with Crippen LogP contribution < -0.4 is 0 Å². The van der Waals surface area contributed by atoms with Crippen LogP contribution in [0.15, 0.2) is 24.3 Å². The van der Waals surface area contributed by atoms with Crippen LogP contribution in [0.1, 0.15) is 19.4 Å². The van der Waals surface area contributed by atoms with Crippen LogP contribution in [0, 0.1) is 0 Å². The molecule has 0 aliphatic carbocycles. The van der Waals surface area contributed by atoms with Gasteiger partial charge in [-0.05, 0) is 31.5 Å². The van der Waals surface area contributed by atoms with Gasteiger partial charge in [-0.2, -0.15) is 0 Å². The van der Waals surface area contributed by atoms with E-state index in [-0.39, 0.29) is 6.29 Å². The molecule has 4 heteroatoms. The van der Waals surface area contributed by atoms with Crippen LogP contribution in [-0.2, 0) is 20.8 Å². The Bertz CT molecular complexity index is 311. The highest BCUT2D eigenvalue weighted by Crippen LogP contribution is 2.11. The fraction of sp³-hybridized carbons (Fsp3) is 0.538. The Kier molecular flexibility index (Phi) is 7.21. The molecule has 0 unspecified atom stereocenters. The van der Waals surface area contributed by atoms with Crippen molar-refractivity contribution in [1.29, 1.82) is 0 Å². The summed E-state index contributed by atoms with van der Waals surface area (Å²) in [6, 6.07) is 7.61. The van der Waals surface area contributed by atoms with E-state index in [2.05, 4.69) is 0 Å². The van der Waals surface area contributed by atoms with Crippen molar-refractivity contribution in [2.24, 2.45) is 0 Å². The monoisotopic (exact) mass is 258 g/mol. The maximum absolute atomic E-state index is 5.88. The highest BCUT2D eigenvalue weighted by atomic mass is 35.5. The standard InChI is InChI=1S/C13H19ClO3/c1-3-16-13(17-4-2)10-15-9-11-6-5-7-12(14)8-11/h5-8,13H,3-4,9-10H2,1-2H3. The van der Waals surface area contributed by atoms with Gasteiger partial charge in [0.25, 0.3) is 0 Å². The summed E-state index contributed by atoms with van der Waals surface area (Å²) in [5.41, 5.74) is 1.05. The van der Waals surface area contributed by atoms with Gasteiger partial charge in [0, 0.05) is 18.2 Å². The molecule has 17 heavy (non-hydrogen) atoms. The molecule has 0 spiro atoms. The molecule has 0 aliphatic rings. The molecular formula is C13H19ClO3. The molecule has 0 radical (unpaired) electrons. The van der Waals surface area contributed by atoms with E-state index in [0.717, 1.165) is 10.6 Å². The first-order valence-electron chi connectivity index (χ1n) is 5.81. The van der Waals surface area contributed by atoms with Crippen molar-refractivity contribution in [2.45, 2.75) is 26.7 Å². The van der Waals surface area contributed by atoms with Crippen molar-refractivity contribution >= 4 is 11.6 Å². The van der Waals surface area contributed by atoms with Gasteiger partial charge in [0.15, 0.2) is 6.29 Å². The van der Waals surface area contributed by atoms with Gasteiger partial charge in [-0.25, -0.2) is 0 Å². The van der Waals surface area contributed by atoms with E-state index in [4.69, 9.17) is 25.8 Å². The van der Waals surface area contributed by atoms with E-state index in [0.29, 0.717) is 26.4 Å². The Morgan fingerprint density at radius 2 is 1.88 bits per heavy atom. The maximum atomic E-state index is 5.88. The van der Waals surface area contributed by atoms with Crippen LogP contribution in [0.5, 0.6) is 0 Å². The third-order valence-corrected chi connectivity index (χ3v) is 2.35. The molecule has 0 amide bonds. The number of hydrogen-bond acceptors (Lipinski definition) is 3. The second-order valence-electron chi connectivity index (χ2n) is 3.49. The molecule has 96 valence electrons. The van der Waals surface area contributed by atoms with Crippen LogP contribution in [0.3, 0.4) is 0 Å². The first-order valence-corrected chi connectivity index (χ1v) is 6.19. The van der Waals surface area contributed by atoms with Crippen LogP contribution in [0.4, 0.5) is 0 Å². The molecule has 1 aromatic rings. The van der Waals surface area contributed by atoms with E-state index in [1.54, 1.807) is 0 Å². The molecule has 0 aromatic heterocycles. The number of rotatable bonds is 8. The van der Waals surface area contributed by atoms with Crippen molar-refractivity contribution in [3.63, 3.8) is 0 Å². The number of hydrogen-bond donors (Lipinski definition) is 0. The Morgan fingerprint density at radius 3 is 2.47 bits per heavy atom. The minimum atomic E-state index is -0.288. The summed E-state index contributed by atoms with van der Waals surface area (Å²) in [5, 5.41) is 0.720. The summed E-state index contributed by atoms with van der Waals surface area (Å²) < 4.78 is 16.3. The van der Waals surface area contributed by atoms with Crippen molar-refractivity contribution in [3.8, 4) is 0 Å². The van der Waals surface area contributed by atoms with Gasteiger partial charge < -0.3 is 14.2 Å². The van der Waals surface area contributed by atoms with Crippen LogP contribution in [0.25, 0.3) is 0 Å². The normalized spacial score (nSPS) is 11.1. The number of ether oxygens (including phenoxy) is 3. The molecule has 0 bridgehead atoms. The van der Waals surface area contributed by atoms with E-state index in [1.807, 2.05) is 38.1 Å². The van der Waals surface area contributed by atoms with Gasteiger partial charge in [0.2, 0.25) is 0 Å². The summed E-state index contributed by atoms with van der Waals surface area (Å²) in [6.45, 7) is 6.04. The maximum Gasteiger partial charge on any atom is 0.180 e. The fourth-order valence-corrected chi connectivity index (χ4v) is 1.63. The first-order chi connectivity index (χ1) is 8.26. The lowest BCUT2D eigenvalue weighted by Gasteiger charge is -2.16. The zero-order valence-corrected chi connectivity index (χ0v) is 11.1. The van der Waals surface area contributed by atoms with Crippen molar-refractivity contribution in [3.05, 3.63) is 34.9 Å². The van der Waals surface area contributed by atoms with Gasteiger partial charge in [-0.3, -0.25) is 0 Å². The Hall–Kier alpha value is -0.610. The molecular weight excluding hydrogens is 240 g/mol. The van der Waals surface area contributed by atoms with E-state index < -0.39 is 0 Å². The largest absolute Gasteiger partial charge is 0.371 e. The van der Waals surface area contributed by atoms with Gasteiger partial charge >= 0.3 is 0 Å². The van der Waals surface area contributed by atoms with E-state index >= 15 is 0 Å². The van der Waals surface area contributed by atoms with Crippen molar-refractivity contribution < 1.29 is 14.2 Å². The van der Waals surface area contributed by atoms with Crippen LogP contribution in [-0.4, -0.2) is 26.1 Å². The van der Waals surface area contributed by atoms with Crippen molar-refractivity contribution in [2.75, 3.05) is 19.8 Å². The fourth-order valence-electron chi connectivity index (χ4n) is 1.42. The van der Waals surface area contributed by atoms with Gasteiger partial charge in [0.1, 0.15) is 0 Å². The smallest absolute Gasteiger partial charge is 0.180 e. The van der Waals surface area contributed by atoms with E-state index in [9.17, 15) is 0 Å². The molecule has 3 nitrogen and oxygen atoms in total. The first kappa shape index (κ1) is 14.5. The molecule has 1 rings (SSSR count). The van der Waals surface area contributed by atoms with Gasteiger partial charge in [-0.1, -0.05) is 23.7 Å². The van der Waals surface area contributed by atoms with E-state index in [1.165, 1.54) is 0 Å². The molecule has 0 N–H and O–H groups in total. The predicted molar refractivity (Wildman–Crippen MR) is 68.1 cm³/mol. The molecule has 0 fully saturated rings. The number of halogens is 1. The minimum Gasteiger partial charge on any atom is -0.371 e. The average Bonchev–Trinajstić information content (AvgIpc) is 2.30. The minimum absolute atomic E-state index is 0.288. The quantitative estimate of drug-likeness (QED) is 0.670. The zero-order valence-electron chi connectivity index (χ0n) is 10.3. The lowest BCUT2D eigenvalue weighted by molar-refractivity contribution is -0.169. The third-order valence-electron chi connectivity index (χ3n) is 2.12. The molecule has 0 heterocycles. The molecule has 0 saturated heterocycles. The average molecular weight is 259 g/mol. The van der Waals surface area contributed by atoms with Crippen molar-refractivity contribution in [1.82, 2.24) is 0 Å². The lowest BCUT2D eigenvalue weighted by Crippen LogP contribution is -2.23. The Labute approximate surface area is 108 Å². The summed E-state index contributed by atoms with van der Waals surface area (Å²) >= 11 is 5.88. The number of benzene rings is 1. The summed E-state index contributed by atoms with van der Waals surface area (Å²) in [5.74, 6) is 0. The van der Waals surface area contributed by atoms with Gasteiger partial charge in [-0.15, -0.1) is 0 Å². The van der Waals surface area contributed by atoms with Crippen LogP contribution in [0.2, 0.25) is 5.02 Å². The summed E-state index contributed by atoms with van der Waals surface area (Å²) in [6.07, 6.45) is -0.288. The highest BCUT2D eigenvalue weighted by Gasteiger charge is 2.07. The predicted octanol–water partition coefficient (Wildman–Crippen LogP) is 3.26. The molecule has 1 aromatic carbocycles. The zero-order chi connectivity index (χ0) is 12.5. The Balaban J connectivity index is 2.30. The second-order valence-corrected chi connectivity index (χ2v) is 3.92. The molecule has 0 saturated carbocycles. The SMILES string of the molecule is CCOC(COCc1cccc(Cl)c1)OCC. The Morgan fingerprint density at radius 1 is 1.18 bits per heavy atom. The highest BCUT2D eigenvalue weighted by molar-refractivity contribution is 6.30. The van der Waals surface area contributed by atoms with Crippen LogP contribution >= 0.6 is 11.6 Å². The third kappa shape index (κ3) is 6.03. The summed E-state index contributed by atoms with van der Waals surface area (Å²) in [4.78, 5) is 0. The lowest BCUT2D eigenvalue weighted by atomic mass is 10.2. The topological polar surface area (TPSA) is 27.7 Å². The molecule has 0 atom stereocenters.